The molecule has 0 aliphatic heterocycles. The third-order valence-corrected chi connectivity index (χ3v) is 2.92. The number of carbonyl (C=O) groups excluding carboxylic acids is 2. The minimum atomic E-state index is -1.96. The number of rotatable bonds is 5. The SMILES string of the molecule is CCC(C(C)=O)(C(=O)O)C(=O)c1ccccc1. The monoisotopic (exact) mass is 234 g/mol. The van der Waals surface area contributed by atoms with Gasteiger partial charge in [0.25, 0.3) is 0 Å². The quantitative estimate of drug-likeness (QED) is 0.624. The van der Waals surface area contributed by atoms with Crippen LogP contribution in [0.25, 0.3) is 0 Å². The van der Waals surface area contributed by atoms with Crippen molar-refractivity contribution in [3.05, 3.63) is 35.9 Å². The fourth-order valence-corrected chi connectivity index (χ4v) is 1.80. The standard InChI is InChI=1S/C13H14O4/c1-3-13(9(2)14,12(16)17)11(15)10-7-5-4-6-8-10/h4-8H,3H2,1-2H3,(H,16,17). The Labute approximate surface area is 99.3 Å². The number of carbonyl (C=O) groups is 3. The van der Waals surface area contributed by atoms with Gasteiger partial charge >= 0.3 is 5.97 Å². The van der Waals surface area contributed by atoms with Crippen LogP contribution in [-0.4, -0.2) is 22.6 Å². The van der Waals surface area contributed by atoms with Gasteiger partial charge in [-0.05, 0) is 13.3 Å². The molecule has 1 atom stereocenters. The number of benzene rings is 1. The summed E-state index contributed by atoms with van der Waals surface area (Å²) in [4.78, 5) is 35.0. The molecular weight excluding hydrogens is 220 g/mol. The molecule has 17 heavy (non-hydrogen) atoms. The van der Waals surface area contributed by atoms with Crippen LogP contribution in [0, 0.1) is 5.41 Å². The van der Waals surface area contributed by atoms with Crippen LogP contribution in [0.2, 0.25) is 0 Å². The van der Waals surface area contributed by atoms with Crippen molar-refractivity contribution in [2.24, 2.45) is 5.41 Å². The molecule has 4 nitrogen and oxygen atoms in total. The van der Waals surface area contributed by atoms with Crippen LogP contribution in [0.3, 0.4) is 0 Å². The molecule has 0 amide bonds. The molecule has 0 aliphatic rings. The first kappa shape index (κ1) is 13.1. The first-order valence-corrected chi connectivity index (χ1v) is 5.31. The Morgan fingerprint density at radius 2 is 1.71 bits per heavy atom. The van der Waals surface area contributed by atoms with Crippen LogP contribution in [-0.2, 0) is 9.59 Å². The van der Waals surface area contributed by atoms with Crippen molar-refractivity contribution in [3.63, 3.8) is 0 Å². The van der Waals surface area contributed by atoms with Crippen molar-refractivity contribution in [3.8, 4) is 0 Å². The van der Waals surface area contributed by atoms with E-state index in [2.05, 4.69) is 0 Å². The molecule has 90 valence electrons. The molecule has 0 aliphatic carbocycles. The normalized spacial score (nSPS) is 13.8. The number of carboxylic acid groups (broad SMARTS) is 1. The van der Waals surface area contributed by atoms with Crippen molar-refractivity contribution in [2.45, 2.75) is 20.3 Å². The van der Waals surface area contributed by atoms with Gasteiger partial charge in [0, 0.05) is 5.56 Å². The zero-order chi connectivity index (χ0) is 13.1. The molecule has 4 heteroatoms. The van der Waals surface area contributed by atoms with Gasteiger partial charge in [-0.3, -0.25) is 14.4 Å². The molecule has 1 aromatic rings. The third-order valence-electron chi connectivity index (χ3n) is 2.92. The largest absolute Gasteiger partial charge is 0.480 e. The lowest BCUT2D eigenvalue weighted by Crippen LogP contribution is -2.44. The maximum atomic E-state index is 12.2. The van der Waals surface area contributed by atoms with Gasteiger partial charge in [0.1, 0.15) is 0 Å². The van der Waals surface area contributed by atoms with Gasteiger partial charge in [-0.1, -0.05) is 37.3 Å². The van der Waals surface area contributed by atoms with Gasteiger partial charge in [0.2, 0.25) is 0 Å². The van der Waals surface area contributed by atoms with Crippen LogP contribution in [0.1, 0.15) is 30.6 Å². The van der Waals surface area contributed by atoms with Crippen molar-refractivity contribution >= 4 is 17.5 Å². The van der Waals surface area contributed by atoms with E-state index >= 15 is 0 Å². The predicted octanol–water partition coefficient (Wildman–Crippen LogP) is 1.94. The smallest absolute Gasteiger partial charge is 0.325 e. The van der Waals surface area contributed by atoms with Crippen molar-refractivity contribution in [1.29, 1.82) is 0 Å². The second-order valence-electron chi connectivity index (χ2n) is 3.82. The molecule has 0 bridgehead atoms. The van der Waals surface area contributed by atoms with Crippen molar-refractivity contribution < 1.29 is 19.5 Å². The summed E-state index contributed by atoms with van der Waals surface area (Å²) in [5.74, 6) is -2.68. The van der Waals surface area contributed by atoms with Gasteiger partial charge in [0.05, 0.1) is 0 Å². The van der Waals surface area contributed by atoms with Crippen LogP contribution in [0.4, 0.5) is 0 Å². The second-order valence-corrected chi connectivity index (χ2v) is 3.82. The Morgan fingerprint density at radius 3 is 2.06 bits per heavy atom. The van der Waals surface area contributed by atoms with Gasteiger partial charge in [-0.25, -0.2) is 0 Å². The third kappa shape index (κ3) is 2.11. The molecule has 1 aromatic carbocycles. The summed E-state index contributed by atoms with van der Waals surface area (Å²) in [5.41, 5.74) is -1.71. The van der Waals surface area contributed by atoms with Crippen molar-refractivity contribution in [1.82, 2.24) is 0 Å². The molecule has 1 unspecified atom stereocenters. The highest BCUT2D eigenvalue weighted by molar-refractivity contribution is 6.26. The Balaban J connectivity index is 3.31. The fourth-order valence-electron chi connectivity index (χ4n) is 1.80. The highest BCUT2D eigenvalue weighted by atomic mass is 16.4. The minimum Gasteiger partial charge on any atom is -0.480 e. The van der Waals surface area contributed by atoms with Crippen LogP contribution >= 0.6 is 0 Å². The number of ketones is 2. The van der Waals surface area contributed by atoms with E-state index in [1.165, 1.54) is 19.1 Å². The van der Waals surface area contributed by atoms with Crippen LogP contribution < -0.4 is 0 Å². The van der Waals surface area contributed by atoms with E-state index in [0.717, 1.165) is 6.92 Å². The zero-order valence-electron chi connectivity index (χ0n) is 9.77. The number of aliphatic carboxylic acids is 1. The lowest BCUT2D eigenvalue weighted by Gasteiger charge is -2.23. The van der Waals surface area contributed by atoms with Gasteiger partial charge in [0.15, 0.2) is 17.0 Å². The topological polar surface area (TPSA) is 71.4 Å². The van der Waals surface area contributed by atoms with E-state index in [-0.39, 0.29) is 12.0 Å². The lowest BCUT2D eigenvalue weighted by atomic mass is 9.75. The fraction of sp³-hybridized carbons (Fsp3) is 0.308. The summed E-state index contributed by atoms with van der Waals surface area (Å²) in [6, 6.07) is 8.02. The molecule has 0 aromatic heterocycles. The molecular formula is C13H14O4. The lowest BCUT2D eigenvalue weighted by molar-refractivity contribution is -0.150. The van der Waals surface area contributed by atoms with E-state index in [9.17, 15) is 19.5 Å². The van der Waals surface area contributed by atoms with E-state index in [4.69, 9.17) is 0 Å². The summed E-state index contributed by atoms with van der Waals surface area (Å²) in [7, 11) is 0. The van der Waals surface area contributed by atoms with Gasteiger partial charge < -0.3 is 5.11 Å². The van der Waals surface area contributed by atoms with E-state index in [1.807, 2.05) is 0 Å². The molecule has 0 heterocycles. The minimum absolute atomic E-state index is 0.0502. The average Bonchev–Trinajstić information content (AvgIpc) is 2.30. The first-order valence-electron chi connectivity index (χ1n) is 5.31. The summed E-state index contributed by atoms with van der Waals surface area (Å²) in [6.45, 7) is 2.66. The Morgan fingerprint density at radius 1 is 1.18 bits per heavy atom. The Bertz CT molecular complexity index is 434. The summed E-state index contributed by atoms with van der Waals surface area (Å²) in [6.07, 6.45) is -0.0502. The predicted molar refractivity (Wildman–Crippen MR) is 61.8 cm³/mol. The molecule has 0 saturated heterocycles. The molecule has 0 fully saturated rings. The first-order chi connectivity index (χ1) is 7.96. The number of Topliss-reactive ketones (excluding diaryl/α,β-unsaturated/α-hetero) is 2. The molecule has 1 N–H and O–H groups in total. The number of hydrogen-bond acceptors (Lipinski definition) is 3. The average molecular weight is 234 g/mol. The van der Waals surface area contributed by atoms with Gasteiger partial charge in [-0.15, -0.1) is 0 Å². The summed E-state index contributed by atoms with van der Waals surface area (Å²) in [5, 5.41) is 9.18. The molecule has 0 radical (unpaired) electrons. The maximum Gasteiger partial charge on any atom is 0.325 e. The highest BCUT2D eigenvalue weighted by Gasteiger charge is 2.49. The number of hydrogen-bond donors (Lipinski definition) is 1. The van der Waals surface area contributed by atoms with E-state index in [1.54, 1.807) is 18.2 Å². The molecule has 0 saturated carbocycles. The maximum absolute atomic E-state index is 12.2. The van der Waals surface area contributed by atoms with E-state index < -0.39 is 23.0 Å². The zero-order valence-corrected chi connectivity index (χ0v) is 9.77. The highest BCUT2D eigenvalue weighted by Crippen LogP contribution is 2.28. The Hall–Kier alpha value is -1.97. The summed E-state index contributed by atoms with van der Waals surface area (Å²) >= 11 is 0. The molecule has 0 spiro atoms. The van der Waals surface area contributed by atoms with Gasteiger partial charge in [-0.2, -0.15) is 0 Å². The molecule has 1 rings (SSSR count). The second kappa shape index (κ2) is 4.91. The van der Waals surface area contributed by atoms with Crippen LogP contribution in [0.5, 0.6) is 0 Å². The number of carboxylic acids is 1. The van der Waals surface area contributed by atoms with E-state index in [0.29, 0.717) is 0 Å². The Kier molecular flexibility index (Phi) is 3.78. The van der Waals surface area contributed by atoms with Crippen LogP contribution in [0.15, 0.2) is 30.3 Å². The van der Waals surface area contributed by atoms with Crippen molar-refractivity contribution in [2.75, 3.05) is 0 Å². The summed E-state index contributed by atoms with van der Waals surface area (Å²) < 4.78 is 0.